The van der Waals surface area contributed by atoms with Crippen molar-refractivity contribution in [2.24, 2.45) is 23.7 Å². The minimum absolute atomic E-state index is 0.0456. The molecule has 8 heteroatoms. The average Bonchev–Trinajstić information content (AvgIpc) is 2.88. The Labute approximate surface area is 254 Å². The fraction of sp³-hybridized carbons (Fsp3) is 0.706. The molecule has 0 aromatic heterocycles. The summed E-state index contributed by atoms with van der Waals surface area (Å²) in [6.07, 6.45) is 3.70. The first-order chi connectivity index (χ1) is 19.2. The molecular weight excluding hydrogens is 561 g/mol. The van der Waals surface area contributed by atoms with Crippen LogP contribution >= 0.6 is 0 Å². The van der Waals surface area contributed by atoms with Crippen molar-refractivity contribution in [1.82, 2.24) is 0 Å². The van der Waals surface area contributed by atoms with Crippen molar-refractivity contribution >= 4 is 39.8 Å². The van der Waals surface area contributed by atoms with Crippen LogP contribution < -0.4 is 0 Å². The SMILES string of the molecule is CC(C)(C)[Si](C)(C)OC1CCC2C(=O)c3cc4c(cc3C(=O)C2C1)C(=O)C1CCC(O[Si](C)(C)C(C)(C)C)CC1C4=O. The minimum atomic E-state index is -2.03. The zero-order chi connectivity index (χ0) is 31.2. The molecule has 0 amide bonds. The molecule has 0 N–H and O–H groups in total. The van der Waals surface area contributed by atoms with Gasteiger partial charge in [0.15, 0.2) is 39.8 Å². The van der Waals surface area contributed by atoms with Crippen molar-refractivity contribution < 1.29 is 28.0 Å². The van der Waals surface area contributed by atoms with Gasteiger partial charge in [-0.05, 0) is 86.9 Å². The molecule has 6 atom stereocenters. The van der Waals surface area contributed by atoms with E-state index >= 15 is 0 Å². The topological polar surface area (TPSA) is 86.7 Å². The highest BCUT2D eigenvalue weighted by Crippen LogP contribution is 2.48. The Kier molecular flexibility index (Phi) is 7.86. The van der Waals surface area contributed by atoms with Crippen molar-refractivity contribution in [1.29, 1.82) is 0 Å². The summed E-state index contributed by atoms with van der Waals surface area (Å²) in [6.45, 7) is 22.1. The van der Waals surface area contributed by atoms with Crippen LogP contribution in [0.25, 0.3) is 0 Å². The van der Waals surface area contributed by atoms with Crippen LogP contribution in [0, 0.1) is 23.7 Å². The van der Waals surface area contributed by atoms with Crippen LogP contribution in [0.2, 0.25) is 36.3 Å². The number of benzene rings is 1. The molecular formula is C34H50O6Si2. The number of fused-ring (bicyclic) bond motifs is 4. The number of Topliss-reactive ketones (excluding diaryl/α,β-unsaturated/α-hetero) is 4. The molecule has 6 nitrogen and oxygen atoms in total. The third kappa shape index (κ3) is 5.28. The molecule has 2 saturated carbocycles. The van der Waals surface area contributed by atoms with Crippen molar-refractivity contribution in [2.45, 2.75) is 129 Å². The van der Waals surface area contributed by atoms with E-state index in [1.807, 2.05) is 0 Å². The first-order valence-electron chi connectivity index (χ1n) is 15.9. The van der Waals surface area contributed by atoms with Gasteiger partial charge < -0.3 is 8.85 Å². The molecule has 4 aliphatic rings. The third-order valence-corrected chi connectivity index (χ3v) is 20.8. The van der Waals surface area contributed by atoms with Crippen molar-refractivity contribution in [3.05, 3.63) is 34.4 Å². The second-order valence-electron chi connectivity index (χ2n) is 16.5. The van der Waals surface area contributed by atoms with Crippen LogP contribution in [-0.4, -0.2) is 52.0 Å². The maximum atomic E-state index is 13.9. The molecule has 1 aromatic rings. The number of rotatable bonds is 4. The molecule has 2 fully saturated rings. The van der Waals surface area contributed by atoms with Gasteiger partial charge >= 0.3 is 0 Å². The van der Waals surface area contributed by atoms with E-state index in [1.165, 1.54) is 0 Å². The molecule has 230 valence electrons. The van der Waals surface area contributed by atoms with E-state index in [1.54, 1.807) is 12.1 Å². The van der Waals surface area contributed by atoms with Crippen molar-refractivity contribution in [2.75, 3.05) is 0 Å². The molecule has 42 heavy (non-hydrogen) atoms. The van der Waals surface area contributed by atoms with E-state index in [4.69, 9.17) is 8.85 Å². The van der Waals surface area contributed by atoms with Gasteiger partial charge in [0.25, 0.3) is 0 Å². The number of hydrogen-bond donors (Lipinski definition) is 0. The van der Waals surface area contributed by atoms with E-state index in [9.17, 15) is 19.2 Å². The summed E-state index contributed by atoms with van der Waals surface area (Å²) in [6, 6.07) is 3.18. The summed E-state index contributed by atoms with van der Waals surface area (Å²) in [5.74, 6) is -1.91. The number of ketones is 4. The summed E-state index contributed by atoms with van der Waals surface area (Å²) in [5.41, 5.74) is 1.30. The van der Waals surface area contributed by atoms with Gasteiger partial charge in [-0.15, -0.1) is 0 Å². The van der Waals surface area contributed by atoms with Gasteiger partial charge in [-0.3, -0.25) is 19.2 Å². The van der Waals surface area contributed by atoms with Crippen LogP contribution in [-0.2, 0) is 8.85 Å². The second-order valence-corrected chi connectivity index (χ2v) is 26.0. The Morgan fingerprint density at radius 2 is 0.810 bits per heavy atom. The zero-order valence-corrected chi connectivity index (χ0v) is 29.3. The maximum absolute atomic E-state index is 13.9. The molecule has 6 unspecified atom stereocenters. The standard InChI is InChI=1S/C34H50O6Si2/c1-33(2,3)41(7,8)39-19-11-13-21-23(15-19)31(37)27-17-26-28(18-25(27)29(21)35)32(38)24-16-20(12-14-22(24)30(26)36)40-42(9,10)34(4,5)6/h17-24H,11-16H2,1-10H3. The van der Waals surface area contributed by atoms with E-state index in [0.29, 0.717) is 47.9 Å². The summed E-state index contributed by atoms with van der Waals surface area (Å²) in [4.78, 5) is 55.4. The van der Waals surface area contributed by atoms with Gasteiger partial charge in [-0.2, -0.15) is 0 Å². The maximum Gasteiger partial charge on any atom is 0.192 e. The van der Waals surface area contributed by atoms with Gasteiger partial charge in [0.1, 0.15) is 0 Å². The fourth-order valence-corrected chi connectivity index (χ4v) is 9.89. The first-order valence-corrected chi connectivity index (χ1v) is 21.8. The van der Waals surface area contributed by atoms with E-state index in [-0.39, 0.29) is 57.3 Å². The first kappa shape index (κ1) is 31.7. The van der Waals surface area contributed by atoms with Gasteiger partial charge in [-0.25, -0.2) is 0 Å². The zero-order valence-electron chi connectivity index (χ0n) is 27.3. The average molecular weight is 611 g/mol. The van der Waals surface area contributed by atoms with Crippen molar-refractivity contribution in [3.63, 3.8) is 0 Å². The quantitative estimate of drug-likeness (QED) is 0.321. The molecule has 0 radical (unpaired) electrons. The smallest absolute Gasteiger partial charge is 0.192 e. The van der Waals surface area contributed by atoms with E-state index in [2.05, 4.69) is 67.7 Å². The summed E-state index contributed by atoms with van der Waals surface area (Å²) < 4.78 is 13.3. The summed E-state index contributed by atoms with van der Waals surface area (Å²) in [5, 5.41) is 0.116. The minimum Gasteiger partial charge on any atom is -0.414 e. The van der Waals surface area contributed by atoms with E-state index < -0.39 is 28.5 Å². The lowest BCUT2D eigenvalue weighted by Crippen LogP contribution is -2.49. The monoisotopic (exact) mass is 610 g/mol. The normalized spacial score (nSPS) is 30.4. The van der Waals surface area contributed by atoms with Gasteiger partial charge in [0.2, 0.25) is 0 Å². The number of hydrogen-bond acceptors (Lipinski definition) is 6. The molecule has 0 aliphatic heterocycles. The molecule has 0 bridgehead atoms. The fourth-order valence-electron chi connectivity index (χ4n) is 7.09. The van der Waals surface area contributed by atoms with Crippen LogP contribution in [0.15, 0.2) is 12.1 Å². The Bertz CT molecular complexity index is 1230. The molecule has 1 aromatic carbocycles. The van der Waals surface area contributed by atoms with Crippen LogP contribution in [0.1, 0.15) is 121 Å². The van der Waals surface area contributed by atoms with Gasteiger partial charge in [-0.1, -0.05) is 41.5 Å². The van der Waals surface area contributed by atoms with Crippen molar-refractivity contribution in [3.8, 4) is 0 Å². The predicted molar refractivity (Wildman–Crippen MR) is 170 cm³/mol. The highest BCUT2D eigenvalue weighted by Gasteiger charge is 2.51. The lowest BCUT2D eigenvalue weighted by Gasteiger charge is -2.44. The number of carbonyl (C=O) groups excluding carboxylic acids is 4. The molecule has 0 spiro atoms. The Morgan fingerprint density at radius 1 is 0.524 bits per heavy atom. The van der Waals surface area contributed by atoms with E-state index in [0.717, 1.165) is 12.8 Å². The lowest BCUT2D eigenvalue weighted by atomic mass is 9.63. The van der Waals surface area contributed by atoms with Gasteiger partial charge in [0.05, 0.1) is 0 Å². The number of carbonyl (C=O) groups is 4. The highest BCUT2D eigenvalue weighted by atomic mass is 28.4. The Morgan fingerprint density at radius 3 is 1.10 bits per heavy atom. The predicted octanol–water partition coefficient (Wildman–Crippen LogP) is 8.06. The third-order valence-electron chi connectivity index (χ3n) is 11.7. The molecule has 5 rings (SSSR count). The van der Waals surface area contributed by atoms with Gasteiger partial charge in [0, 0.05) is 58.1 Å². The highest BCUT2D eigenvalue weighted by molar-refractivity contribution is 6.74. The lowest BCUT2D eigenvalue weighted by molar-refractivity contribution is 0.0463. The Hall–Kier alpha value is -1.75. The summed E-state index contributed by atoms with van der Waals surface area (Å²) >= 11 is 0. The summed E-state index contributed by atoms with van der Waals surface area (Å²) in [7, 11) is -4.05. The molecule has 4 aliphatic carbocycles. The van der Waals surface area contributed by atoms with Crippen LogP contribution in [0.5, 0.6) is 0 Å². The molecule has 0 saturated heterocycles. The largest absolute Gasteiger partial charge is 0.414 e. The van der Waals surface area contributed by atoms with Crippen LogP contribution in [0.4, 0.5) is 0 Å². The second kappa shape index (κ2) is 10.4. The van der Waals surface area contributed by atoms with Crippen LogP contribution in [0.3, 0.4) is 0 Å². The Balaban J connectivity index is 1.41. The molecule has 0 heterocycles.